The minimum atomic E-state index is 0.0519. The standard InChI is InChI=1S/C17H23NO2/c1-11(2)9-14-15(17(14,3)4)16(20)18-10-12-5-7-13(19)8-6-12/h5-9,14-15,19H,10H2,1-4H3,(H,18,20)/t14-,15-/m0/s1. The molecule has 2 N–H and O–H groups in total. The second-order valence-electron chi connectivity index (χ2n) is 6.45. The van der Waals surface area contributed by atoms with Gasteiger partial charge >= 0.3 is 0 Å². The molecule has 3 heteroatoms. The van der Waals surface area contributed by atoms with Crippen LogP contribution in [-0.2, 0) is 11.3 Å². The summed E-state index contributed by atoms with van der Waals surface area (Å²) in [4.78, 5) is 12.3. The lowest BCUT2D eigenvalue weighted by atomic mass is 10.1. The van der Waals surface area contributed by atoms with Gasteiger partial charge in [-0.15, -0.1) is 0 Å². The van der Waals surface area contributed by atoms with Crippen molar-refractivity contribution in [1.82, 2.24) is 5.32 Å². The molecule has 0 aliphatic heterocycles. The van der Waals surface area contributed by atoms with Gasteiger partial charge in [-0.05, 0) is 42.9 Å². The van der Waals surface area contributed by atoms with Crippen LogP contribution in [0, 0.1) is 17.3 Å². The molecule has 0 aromatic heterocycles. The van der Waals surface area contributed by atoms with E-state index >= 15 is 0 Å². The van der Waals surface area contributed by atoms with Gasteiger partial charge in [-0.3, -0.25) is 4.79 Å². The second kappa shape index (κ2) is 5.31. The Morgan fingerprint density at radius 1 is 1.30 bits per heavy atom. The molecule has 0 unspecified atom stereocenters. The summed E-state index contributed by atoms with van der Waals surface area (Å²) >= 11 is 0. The molecule has 0 saturated heterocycles. The molecule has 1 aliphatic rings. The van der Waals surface area contributed by atoms with E-state index < -0.39 is 0 Å². The molecule has 3 nitrogen and oxygen atoms in total. The molecule has 1 saturated carbocycles. The summed E-state index contributed by atoms with van der Waals surface area (Å²) in [5.41, 5.74) is 2.31. The lowest BCUT2D eigenvalue weighted by Crippen LogP contribution is -2.26. The van der Waals surface area contributed by atoms with E-state index in [4.69, 9.17) is 0 Å². The van der Waals surface area contributed by atoms with Crippen molar-refractivity contribution in [3.8, 4) is 5.75 Å². The number of nitrogens with one attached hydrogen (secondary N) is 1. The highest BCUT2D eigenvalue weighted by molar-refractivity contribution is 5.83. The van der Waals surface area contributed by atoms with E-state index in [1.165, 1.54) is 5.57 Å². The first-order valence-electron chi connectivity index (χ1n) is 7.03. The minimum absolute atomic E-state index is 0.0519. The van der Waals surface area contributed by atoms with Gasteiger partial charge in [-0.2, -0.15) is 0 Å². The molecule has 0 heterocycles. The molecule has 20 heavy (non-hydrogen) atoms. The van der Waals surface area contributed by atoms with E-state index in [0.717, 1.165) is 5.56 Å². The maximum atomic E-state index is 12.3. The highest BCUT2D eigenvalue weighted by Crippen LogP contribution is 2.59. The summed E-state index contributed by atoms with van der Waals surface area (Å²) in [6.07, 6.45) is 2.20. The number of rotatable bonds is 4. The van der Waals surface area contributed by atoms with Gasteiger partial charge in [0.2, 0.25) is 5.91 Å². The predicted molar refractivity (Wildman–Crippen MR) is 80.1 cm³/mol. The summed E-state index contributed by atoms with van der Waals surface area (Å²) < 4.78 is 0. The number of carbonyl (C=O) groups excluding carboxylic acids is 1. The van der Waals surface area contributed by atoms with Crippen molar-refractivity contribution in [2.45, 2.75) is 34.2 Å². The Kier molecular flexibility index (Phi) is 3.89. The van der Waals surface area contributed by atoms with Crippen LogP contribution in [0.25, 0.3) is 0 Å². The smallest absolute Gasteiger partial charge is 0.224 e. The zero-order valence-corrected chi connectivity index (χ0v) is 12.6. The van der Waals surface area contributed by atoms with Gasteiger partial charge < -0.3 is 10.4 Å². The molecule has 2 atom stereocenters. The Morgan fingerprint density at radius 2 is 1.90 bits per heavy atom. The summed E-state index contributed by atoms with van der Waals surface area (Å²) in [5.74, 6) is 0.763. The van der Waals surface area contributed by atoms with Crippen LogP contribution in [0.4, 0.5) is 0 Å². The average molecular weight is 273 g/mol. The number of aromatic hydroxyl groups is 1. The maximum absolute atomic E-state index is 12.3. The molecule has 1 aromatic carbocycles. The molecule has 1 amide bonds. The number of hydrogen-bond acceptors (Lipinski definition) is 2. The molecular weight excluding hydrogens is 250 g/mol. The van der Waals surface area contributed by atoms with Crippen LogP contribution in [0.2, 0.25) is 0 Å². The average Bonchev–Trinajstić information content (AvgIpc) is 2.89. The lowest BCUT2D eigenvalue weighted by Gasteiger charge is -2.06. The Balaban J connectivity index is 1.93. The monoisotopic (exact) mass is 273 g/mol. The van der Waals surface area contributed by atoms with Crippen LogP contribution in [-0.4, -0.2) is 11.0 Å². The van der Waals surface area contributed by atoms with Crippen molar-refractivity contribution in [3.63, 3.8) is 0 Å². The van der Waals surface area contributed by atoms with Crippen LogP contribution in [0.5, 0.6) is 5.75 Å². The number of phenolic OH excluding ortho intramolecular Hbond substituents is 1. The first kappa shape index (κ1) is 14.6. The first-order chi connectivity index (χ1) is 9.32. The van der Waals surface area contributed by atoms with E-state index in [1.54, 1.807) is 12.1 Å². The zero-order chi connectivity index (χ0) is 14.9. The van der Waals surface area contributed by atoms with E-state index in [-0.39, 0.29) is 23.0 Å². The third-order valence-corrected chi connectivity index (χ3v) is 4.11. The Morgan fingerprint density at radius 3 is 2.45 bits per heavy atom. The molecule has 0 bridgehead atoms. The quantitative estimate of drug-likeness (QED) is 0.827. The van der Waals surface area contributed by atoms with Crippen molar-refractivity contribution in [3.05, 3.63) is 41.5 Å². The van der Waals surface area contributed by atoms with Gasteiger partial charge in [0.1, 0.15) is 5.75 Å². The number of carbonyl (C=O) groups is 1. The van der Waals surface area contributed by atoms with E-state index in [0.29, 0.717) is 12.5 Å². The van der Waals surface area contributed by atoms with Crippen LogP contribution < -0.4 is 5.32 Å². The molecule has 1 aliphatic carbocycles. The molecule has 2 rings (SSSR count). The SMILES string of the molecule is CC(C)=C[C@H]1[C@@H](C(=O)NCc2ccc(O)cc2)C1(C)C. The van der Waals surface area contributed by atoms with Gasteiger partial charge in [-0.25, -0.2) is 0 Å². The van der Waals surface area contributed by atoms with Crippen LogP contribution >= 0.6 is 0 Å². The predicted octanol–water partition coefficient (Wildman–Crippen LogP) is 3.25. The molecule has 108 valence electrons. The fourth-order valence-electron chi connectivity index (χ4n) is 2.76. The molecule has 1 aromatic rings. The van der Waals surface area contributed by atoms with Gasteiger partial charge in [0.05, 0.1) is 5.92 Å². The molecule has 0 radical (unpaired) electrons. The minimum Gasteiger partial charge on any atom is -0.508 e. The fourth-order valence-corrected chi connectivity index (χ4v) is 2.76. The number of benzene rings is 1. The van der Waals surface area contributed by atoms with Crippen LogP contribution in [0.3, 0.4) is 0 Å². The Labute approximate surface area is 120 Å². The highest BCUT2D eigenvalue weighted by Gasteiger charge is 2.60. The summed E-state index contributed by atoms with van der Waals surface area (Å²) in [5, 5.41) is 12.2. The van der Waals surface area contributed by atoms with Crippen molar-refractivity contribution in [2.75, 3.05) is 0 Å². The number of phenols is 1. The Hall–Kier alpha value is -1.77. The first-order valence-corrected chi connectivity index (χ1v) is 7.03. The van der Waals surface area contributed by atoms with Gasteiger partial charge in [-0.1, -0.05) is 37.6 Å². The topological polar surface area (TPSA) is 49.3 Å². The second-order valence-corrected chi connectivity index (χ2v) is 6.45. The van der Waals surface area contributed by atoms with E-state index in [9.17, 15) is 9.90 Å². The summed E-state index contributed by atoms with van der Waals surface area (Å²) in [6.45, 7) is 8.93. The van der Waals surface area contributed by atoms with Crippen molar-refractivity contribution in [2.24, 2.45) is 17.3 Å². The summed E-state index contributed by atoms with van der Waals surface area (Å²) in [7, 11) is 0. The van der Waals surface area contributed by atoms with E-state index in [2.05, 4.69) is 39.1 Å². The third kappa shape index (κ3) is 3.03. The van der Waals surface area contributed by atoms with Crippen molar-refractivity contribution >= 4 is 5.91 Å². The number of amides is 1. The van der Waals surface area contributed by atoms with Gasteiger partial charge in [0, 0.05) is 6.54 Å². The largest absolute Gasteiger partial charge is 0.508 e. The number of hydrogen-bond donors (Lipinski definition) is 2. The Bertz CT molecular complexity index is 524. The van der Waals surface area contributed by atoms with Crippen molar-refractivity contribution in [1.29, 1.82) is 0 Å². The van der Waals surface area contributed by atoms with Gasteiger partial charge in [0.15, 0.2) is 0 Å². The molecule has 0 spiro atoms. The molecular formula is C17H23NO2. The summed E-state index contributed by atoms with van der Waals surface area (Å²) in [6, 6.07) is 6.91. The van der Waals surface area contributed by atoms with Gasteiger partial charge in [0.25, 0.3) is 0 Å². The highest BCUT2D eigenvalue weighted by atomic mass is 16.3. The normalized spacial score (nSPS) is 23.0. The van der Waals surface area contributed by atoms with Crippen molar-refractivity contribution < 1.29 is 9.90 Å². The third-order valence-electron chi connectivity index (χ3n) is 4.11. The van der Waals surface area contributed by atoms with E-state index in [1.807, 2.05) is 12.1 Å². The zero-order valence-electron chi connectivity index (χ0n) is 12.6. The fraction of sp³-hybridized carbons (Fsp3) is 0.471. The maximum Gasteiger partial charge on any atom is 0.224 e. The molecule has 1 fully saturated rings. The van der Waals surface area contributed by atoms with Crippen LogP contribution in [0.1, 0.15) is 33.3 Å². The van der Waals surface area contributed by atoms with Crippen LogP contribution in [0.15, 0.2) is 35.9 Å². The number of allylic oxidation sites excluding steroid dienone is 2. The lowest BCUT2D eigenvalue weighted by molar-refractivity contribution is -0.123.